The smallest absolute Gasteiger partial charge is 0.239 e. The van der Waals surface area contributed by atoms with Crippen LogP contribution in [0.1, 0.15) is 24.8 Å². The highest BCUT2D eigenvalue weighted by atomic mass is 32.2. The minimum Gasteiger partial charge on any atom is -0.389 e. The van der Waals surface area contributed by atoms with Crippen LogP contribution in [0.3, 0.4) is 0 Å². The third-order valence-corrected chi connectivity index (χ3v) is 4.90. The van der Waals surface area contributed by atoms with E-state index in [1.54, 1.807) is 16.7 Å². The van der Waals surface area contributed by atoms with E-state index in [4.69, 9.17) is 18.0 Å². The van der Waals surface area contributed by atoms with E-state index in [9.17, 15) is 4.79 Å². The van der Waals surface area contributed by atoms with E-state index in [0.717, 1.165) is 29.8 Å². The normalized spacial score (nSPS) is 18.9. The Morgan fingerprint density at radius 1 is 1.47 bits per heavy atom. The summed E-state index contributed by atoms with van der Waals surface area (Å²) in [5, 5.41) is 0.0900. The first-order valence-corrected chi connectivity index (χ1v) is 7.84. The lowest BCUT2D eigenvalue weighted by Gasteiger charge is -2.26. The Balaban J connectivity index is 2.13. The number of carbonyl (C=O) groups is 1. The number of thiocarbonyl (C=S) groups is 1. The lowest BCUT2D eigenvalue weighted by Crippen LogP contribution is -2.36. The van der Waals surface area contributed by atoms with Crippen molar-refractivity contribution in [2.24, 2.45) is 5.73 Å². The van der Waals surface area contributed by atoms with Crippen molar-refractivity contribution < 1.29 is 4.79 Å². The summed E-state index contributed by atoms with van der Waals surface area (Å²) in [5.41, 5.74) is 7.27. The van der Waals surface area contributed by atoms with Gasteiger partial charge in [0.25, 0.3) is 0 Å². The lowest BCUT2D eigenvalue weighted by atomic mass is 10.1. The number of hydrogen-bond donors (Lipinski definition) is 1. The number of thioether (sulfide) groups is 1. The van der Waals surface area contributed by atoms with Crippen LogP contribution in [0.25, 0.3) is 0 Å². The molecule has 1 aromatic carbocycles. The van der Waals surface area contributed by atoms with E-state index >= 15 is 0 Å². The summed E-state index contributed by atoms with van der Waals surface area (Å²) in [6, 6.07) is 7.52. The second-order valence-electron chi connectivity index (χ2n) is 4.67. The van der Waals surface area contributed by atoms with Crippen LogP contribution in [0, 0.1) is 0 Å². The first-order valence-electron chi connectivity index (χ1n) is 6.38. The zero-order chi connectivity index (χ0) is 13.8. The maximum atomic E-state index is 12.4. The number of carbonyl (C=O) groups excluding carboxylic acids is 1. The van der Waals surface area contributed by atoms with E-state index in [-0.39, 0.29) is 11.2 Å². The largest absolute Gasteiger partial charge is 0.389 e. The van der Waals surface area contributed by atoms with Gasteiger partial charge in [0.2, 0.25) is 5.91 Å². The molecule has 19 heavy (non-hydrogen) atoms. The maximum absolute atomic E-state index is 12.4. The molecule has 2 rings (SSSR count). The molecule has 1 amide bonds. The SMILES string of the molecule is CN(C(=O)C1CCCCS1)c1cccc(C(N)=S)c1. The van der Waals surface area contributed by atoms with Gasteiger partial charge in [0.05, 0.1) is 5.25 Å². The summed E-state index contributed by atoms with van der Waals surface area (Å²) in [6.45, 7) is 0. The van der Waals surface area contributed by atoms with Gasteiger partial charge in [0, 0.05) is 18.3 Å². The van der Waals surface area contributed by atoms with Gasteiger partial charge in [-0.05, 0) is 30.7 Å². The van der Waals surface area contributed by atoms with E-state index < -0.39 is 0 Å². The Morgan fingerprint density at radius 3 is 2.89 bits per heavy atom. The number of rotatable bonds is 3. The number of amides is 1. The highest BCUT2D eigenvalue weighted by molar-refractivity contribution is 8.00. The Morgan fingerprint density at radius 2 is 2.26 bits per heavy atom. The third-order valence-electron chi connectivity index (χ3n) is 3.30. The topological polar surface area (TPSA) is 46.3 Å². The van der Waals surface area contributed by atoms with Gasteiger partial charge >= 0.3 is 0 Å². The zero-order valence-corrected chi connectivity index (χ0v) is 12.6. The van der Waals surface area contributed by atoms with E-state index in [1.165, 1.54) is 6.42 Å². The molecule has 5 heteroatoms. The molecule has 0 spiro atoms. The van der Waals surface area contributed by atoms with Crippen LogP contribution in [-0.2, 0) is 4.79 Å². The summed E-state index contributed by atoms with van der Waals surface area (Å²) in [4.78, 5) is 14.5. The Hall–Kier alpha value is -1.07. The molecule has 0 aromatic heterocycles. The van der Waals surface area contributed by atoms with Crippen molar-refractivity contribution >= 4 is 40.6 Å². The van der Waals surface area contributed by atoms with Gasteiger partial charge in [-0.3, -0.25) is 4.79 Å². The molecule has 102 valence electrons. The van der Waals surface area contributed by atoms with Crippen LogP contribution in [0.15, 0.2) is 24.3 Å². The average molecular weight is 294 g/mol. The van der Waals surface area contributed by atoms with Gasteiger partial charge in [-0.1, -0.05) is 30.8 Å². The number of benzene rings is 1. The highest BCUT2D eigenvalue weighted by Crippen LogP contribution is 2.28. The van der Waals surface area contributed by atoms with Crippen molar-refractivity contribution in [3.8, 4) is 0 Å². The first kappa shape index (κ1) is 14.3. The zero-order valence-electron chi connectivity index (χ0n) is 11.0. The van der Waals surface area contributed by atoms with Gasteiger partial charge < -0.3 is 10.6 Å². The minimum absolute atomic E-state index is 0.0900. The van der Waals surface area contributed by atoms with Crippen molar-refractivity contribution in [1.82, 2.24) is 0 Å². The average Bonchev–Trinajstić information content (AvgIpc) is 2.46. The van der Waals surface area contributed by atoms with Crippen LogP contribution in [-0.4, -0.2) is 28.9 Å². The molecule has 1 fully saturated rings. The predicted molar refractivity (Wildman–Crippen MR) is 85.8 cm³/mol. The monoisotopic (exact) mass is 294 g/mol. The molecule has 0 saturated carbocycles. The molecule has 1 unspecified atom stereocenters. The fourth-order valence-electron chi connectivity index (χ4n) is 2.15. The molecule has 0 aliphatic carbocycles. The Labute approximate surface area is 123 Å². The summed E-state index contributed by atoms with van der Waals surface area (Å²) >= 11 is 6.73. The van der Waals surface area contributed by atoms with E-state index in [0.29, 0.717) is 4.99 Å². The fraction of sp³-hybridized carbons (Fsp3) is 0.429. The molecule has 0 bridgehead atoms. The summed E-state index contributed by atoms with van der Waals surface area (Å²) in [6.07, 6.45) is 3.34. The van der Waals surface area contributed by atoms with Crippen molar-refractivity contribution in [2.75, 3.05) is 17.7 Å². The second kappa shape index (κ2) is 6.39. The van der Waals surface area contributed by atoms with Gasteiger partial charge in [-0.2, -0.15) is 0 Å². The van der Waals surface area contributed by atoms with Gasteiger partial charge in [-0.15, -0.1) is 11.8 Å². The van der Waals surface area contributed by atoms with Crippen molar-refractivity contribution in [3.05, 3.63) is 29.8 Å². The summed E-state index contributed by atoms with van der Waals surface area (Å²) in [7, 11) is 1.82. The molecule has 1 saturated heterocycles. The maximum Gasteiger partial charge on any atom is 0.239 e. The number of nitrogens with zero attached hydrogens (tertiary/aromatic N) is 1. The Kier molecular flexibility index (Phi) is 4.82. The van der Waals surface area contributed by atoms with Crippen molar-refractivity contribution in [3.63, 3.8) is 0 Å². The molecular formula is C14H18N2OS2. The number of hydrogen-bond acceptors (Lipinski definition) is 3. The van der Waals surface area contributed by atoms with Crippen molar-refractivity contribution in [1.29, 1.82) is 0 Å². The molecule has 1 aliphatic heterocycles. The quantitative estimate of drug-likeness (QED) is 0.870. The molecule has 2 N–H and O–H groups in total. The van der Waals surface area contributed by atoms with E-state index in [1.807, 2.05) is 31.3 Å². The van der Waals surface area contributed by atoms with Crippen LogP contribution in [0.5, 0.6) is 0 Å². The summed E-state index contributed by atoms with van der Waals surface area (Å²) in [5.74, 6) is 1.25. The molecule has 1 aliphatic rings. The fourth-order valence-corrected chi connectivity index (χ4v) is 3.56. The molecule has 0 radical (unpaired) electrons. The van der Waals surface area contributed by atoms with Gasteiger partial charge in [0.15, 0.2) is 0 Å². The number of nitrogens with two attached hydrogens (primary N) is 1. The van der Waals surface area contributed by atoms with Gasteiger partial charge in [0.1, 0.15) is 4.99 Å². The van der Waals surface area contributed by atoms with Gasteiger partial charge in [-0.25, -0.2) is 0 Å². The lowest BCUT2D eigenvalue weighted by molar-refractivity contribution is -0.118. The van der Waals surface area contributed by atoms with Crippen LogP contribution >= 0.6 is 24.0 Å². The molecule has 1 atom stereocenters. The van der Waals surface area contributed by atoms with Crippen LogP contribution in [0.2, 0.25) is 0 Å². The van der Waals surface area contributed by atoms with Crippen LogP contribution in [0.4, 0.5) is 5.69 Å². The molecule has 3 nitrogen and oxygen atoms in total. The van der Waals surface area contributed by atoms with E-state index in [2.05, 4.69) is 0 Å². The predicted octanol–water partition coefficient (Wildman–Crippen LogP) is 2.57. The minimum atomic E-state index is 0.0900. The first-order chi connectivity index (χ1) is 9.09. The molecule has 1 aromatic rings. The number of anilines is 1. The summed E-state index contributed by atoms with van der Waals surface area (Å²) < 4.78 is 0. The van der Waals surface area contributed by atoms with Crippen LogP contribution < -0.4 is 10.6 Å². The second-order valence-corrected chi connectivity index (χ2v) is 6.42. The Bertz CT molecular complexity index is 484. The molecular weight excluding hydrogens is 276 g/mol. The standard InChI is InChI=1S/C14H18N2OS2/c1-16(14(17)12-7-2-3-8-19-12)11-6-4-5-10(9-11)13(15)18/h4-6,9,12H,2-3,7-8H2,1H3,(H2,15,18). The molecule has 1 heterocycles. The highest BCUT2D eigenvalue weighted by Gasteiger charge is 2.25. The third kappa shape index (κ3) is 3.48. The van der Waals surface area contributed by atoms with Crippen molar-refractivity contribution in [2.45, 2.75) is 24.5 Å².